The number of hydrogen-bond donors (Lipinski definition) is 2. The molecule has 3 heterocycles. The average molecular weight is 569 g/mol. The highest BCUT2D eigenvalue weighted by molar-refractivity contribution is 7.99. The summed E-state index contributed by atoms with van der Waals surface area (Å²) in [5.74, 6) is 0.206. The summed E-state index contributed by atoms with van der Waals surface area (Å²) in [4.78, 5) is 34.2. The summed E-state index contributed by atoms with van der Waals surface area (Å²) in [7, 11) is 0. The molecular formula is C27H19F3N4O5S. The number of carbonyl (C=O) groups is 1. The molecule has 1 aliphatic rings. The lowest BCUT2D eigenvalue weighted by Gasteiger charge is -2.19. The minimum atomic E-state index is -4.85. The number of hydrogen-bond acceptors (Lipinski definition) is 7. The van der Waals surface area contributed by atoms with Crippen LogP contribution in [-0.4, -0.2) is 45.8 Å². The van der Waals surface area contributed by atoms with E-state index in [1.807, 2.05) is 18.2 Å². The van der Waals surface area contributed by atoms with Crippen molar-refractivity contribution in [1.29, 1.82) is 0 Å². The Labute approximate surface area is 227 Å². The number of thioether (sulfide) groups is 1. The molecule has 0 spiro atoms. The van der Waals surface area contributed by atoms with Crippen LogP contribution < -0.4 is 25.1 Å². The van der Waals surface area contributed by atoms with Crippen molar-refractivity contribution in [1.82, 2.24) is 14.5 Å². The molecule has 6 rings (SSSR count). The molecule has 0 radical (unpaired) electrons. The fourth-order valence-corrected chi connectivity index (χ4v) is 5.12. The van der Waals surface area contributed by atoms with E-state index in [2.05, 4.69) is 20.0 Å². The molecule has 2 N–H and O–H groups in total. The predicted molar refractivity (Wildman–Crippen MR) is 143 cm³/mol. The highest BCUT2D eigenvalue weighted by Crippen LogP contribution is 2.33. The second-order valence-electron chi connectivity index (χ2n) is 8.67. The highest BCUT2D eigenvalue weighted by Gasteiger charge is 2.31. The maximum Gasteiger partial charge on any atom is 0.573 e. The lowest BCUT2D eigenvalue weighted by Crippen LogP contribution is -2.23. The van der Waals surface area contributed by atoms with Gasteiger partial charge in [0.25, 0.3) is 5.56 Å². The Morgan fingerprint density at radius 3 is 2.58 bits per heavy atom. The van der Waals surface area contributed by atoms with E-state index < -0.39 is 17.7 Å². The summed E-state index contributed by atoms with van der Waals surface area (Å²) < 4.78 is 54.2. The van der Waals surface area contributed by atoms with Gasteiger partial charge in [0.1, 0.15) is 30.0 Å². The first-order valence-electron chi connectivity index (χ1n) is 12.0. The van der Waals surface area contributed by atoms with Gasteiger partial charge in [-0.05, 0) is 42.5 Å². The van der Waals surface area contributed by atoms with E-state index >= 15 is 0 Å². The molecule has 0 fully saturated rings. The van der Waals surface area contributed by atoms with Crippen LogP contribution in [0, 0.1) is 0 Å². The number of fused-ring (bicyclic) bond motifs is 4. The first kappa shape index (κ1) is 25.6. The van der Waals surface area contributed by atoms with Crippen LogP contribution in [0.1, 0.15) is 0 Å². The summed E-state index contributed by atoms with van der Waals surface area (Å²) in [6.07, 6.45) is -4.85. The van der Waals surface area contributed by atoms with Gasteiger partial charge in [-0.25, -0.2) is 4.98 Å². The van der Waals surface area contributed by atoms with Crippen molar-refractivity contribution in [3.05, 3.63) is 77.1 Å². The molecule has 0 atom stereocenters. The van der Waals surface area contributed by atoms with Gasteiger partial charge < -0.3 is 24.5 Å². The number of aromatic nitrogens is 3. The number of amides is 1. The fourth-order valence-electron chi connectivity index (χ4n) is 4.31. The van der Waals surface area contributed by atoms with Crippen molar-refractivity contribution in [2.45, 2.75) is 11.5 Å². The summed E-state index contributed by atoms with van der Waals surface area (Å²) >= 11 is 1.01. The van der Waals surface area contributed by atoms with Gasteiger partial charge in [-0.15, -0.1) is 13.2 Å². The second kappa shape index (κ2) is 10.2. The quantitative estimate of drug-likeness (QED) is 0.212. The molecule has 0 saturated carbocycles. The van der Waals surface area contributed by atoms with E-state index in [4.69, 9.17) is 9.47 Å². The number of nitrogens with one attached hydrogen (secondary N) is 2. The summed E-state index contributed by atoms with van der Waals surface area (Å²) in [6, 6.07) is 17.1. The number of benzene rings is 3. The normalized spacial score (nSPS) is 13.0. The zero-order valence-corrected chi connectivity index (χ0v) is 21.3. The Bertz CT molecular complexity index is 1800. The Balaban J connectivity index is 1.33. The van der Waals surface area contributed by atoms with Crippen LogP contribution in [0.25, 0.3) is 27.6 Å². The van der Waals surface area contributed by atoms with Crippen LogP contribution in [0.4, 0.5) is 18.9 Å². The SMILES string of the molecule is O=C(CSc1nc2c([nH]c3ccccc32)c(=O)n1-c1ccc(OC(F)(F)F)cc1)Nc1ccc2c(c1)OCCO2. The first-order valence-corrected chi connectivity index (χ1v) is 13.0. The molecule has 204 valence electrons. The molecule has 0 aliphatic carbocycles. The smallest absolute Gasteiger partial charge is 0.486 e. The first-order chi connectivity index (χ1) is 19.2. The van der Waals surface area contributed by atoms with Gasteiger partial charge in [-0.2, -0.15) is 0 Å². The van der Waals surface area contributed by atoms with Crippen molar-refractivity contribution in [3.8, 4) is 22.9 Å². The third-order valence-corrected chi connectivity index (χ3v) is 6.92. The van der Waals surface area contributed by atoms with E-state index in [-0.39, 0.29) is 28.0 Å². The summed E-state index contributed by atoms with van der Waals surface area (Å²) in [5, 5.41) is 3.69. The molecule has 1 aliphatic heterocycles. The average Bonchev–Trinajstić information content (AvgIpc) is 3.31. The van der Waals surface area contributed by atoms with E-state index in [0.717, 1.165) is 29.3 Å². The molecule has 2 aromatic heterocycles. The lowest BCUT2D eigenvalue weighted by molar-refractivity contribution is -0.274. The number of halogens is 3. The van der Waals surface area contributed by atoms with Crippen LogP contribution in [0.3, 0.4) is 0 Å². The number of ether oxygens (including phenoxy) is 3. The fraction of sp³-hybridized carbons (Fsp3) is 0.148. The van der Waals surface area contributed by atoms with Crippen LogP contribution in [0.2, 0.25) is 0 Å². The maximum absolute atomic E-state index is 13.6. The largest absolute Gasteiger partial charge is 0.573 e. The van der Waals surface area contributed by atoms with Gasteiger partial charge in [-0.3, -0.25) is 14.2 Å². The molecule has 1 amide bonds. The molecule has 9 nitrogen and oxygen atoms in total. The minimum absolute atomic E-state index is 0.107. The van der Waals surface area contributed by atoms with Crippen LogP contribution in [0.5, 0.6) is 17.2 Å². The predicted octanol–water partition coefficient (Wildman–Crippen LogP) is 5.27. The van der Waals surface area contributed by atoms with Gasteiger partial charge in [0.05, 0.1) is 11.4 Å². The molecule has 40 heavy (non-hydrogen) atoms. The van der Waals surface area contributed by atoms with Crippen molar-refractivity contribution < 1.29 is 32.2 Å². The monoisotopic (exact) mass is 568 g/mol. The zero-order chi connectivity index (χ0) is 27.9. The topological polar surface area (TPSA) is 107 Å². The van der Waals surface area contributed by atoms with Gasteiger partial charge in [0, 0.05) is 22.7 Å². The van der Waals surface area contributed by atoms with Crippen LogP contribution in [0.15, 0.2) is 76.7 Å². The number of nitrogens with zero attached hydrogens (tertiary/aromatic N) is 2. The highest BCUT2D eigenvalue weighted by atomic mass is 32.2. The molecular weight excluding hydrogens is 549 g/mol. The molecule has 0 bridgehead atoms. The van der Waals surface area contributed by atoms with E-state index in [0.29, 0.717) is 41.4 Å². The maximum atomic E-state index is 13.6. The van der Waals surface area contributed by atoms with Gasteiger partial charge in [0.15, 0.2) is 16.7 Å². The van der Waals surface area contributed by atoms with E-state index in [1.165, 1.54) is 16.7 Å². The Kier molecular flexibility index (Phi) is 6.50. The Morgan fingerprint density at radius 2 is 1.80 bits per heavy atom. The molecule has 0 saturated heterocycles. The van der Waals surface area contributed by atoms with Crippen molar-refractivity contribution in [2.75, 3.05) is 24.3 Å². The van der Waals surface area contributed by atoms with Gasteiger partial charge >= 0.3 is 6.36 Å². The third-order valence-electron chi connectivity index (χ3n) is 5.98. The van der Waals surface area contributed by atoms with E-state index in [9.17, 15) is 22.8 Å². The van der Waals surface area contributed by atoms with E-state index in [1.54, 1.807) is 24.3 Å². The summed E-state index contributed by atoms with van der Waals surface area (Å²) in [5.41, 5.74) is 1.63. The number of H-pyrrole nitrogens is 1. The zero-order valence-electron chi connectivity index (χ0n) is 20.4. The Hall–Kier alpha value is -4.65. The van der Waals surface area contributed by atoms with Crippen LogP contribution >= 0.6 is 11.8 Å². The van der Waals surface area contributed by atoms with Gasteiger partial charge in [0.2, 0.25) is 5.91 Å². The number of rotatable bonds is 6. The lowest BCUT2D eigenvalue weighted by atomic mass is 10.2. The van der Waals surface area contributed by atoms with Crippen LogP contribution in [-0.2, 0) is 4.79 Å². The number of carbonyl (C=O) groups excluding carboxylic acids is 1. The standard InChI is InChI=1S/C27H19F3N4O5S/c28-27(29,30)39-17-8-6-16(7-9-17)34-25(36)24-23(18-3-1-2-4-19(18)32-24)33-26(34)40-14-22(35)31-15-5-10-20-21(13-15)38-12-11-37-20/h1-10,13,32H,11-12,14H2,(H,31,35). The number of para-hydroxylation sites is 1. The molecule has 3 aromatic carbocycles. The van der Waals surface area contributed by atoms with Crippen molar-refractivity contribution in [3.63, 3.8) is 0 Å². The van der Waals surface area contributed by atoms with Crippen molar-refractivity contribution in [2.24, 2.45) is 0 Å². The number of aromatic amines is 1. The molecule has 13 heteroatoms. The number of alkyl halides is 3. The minimum Gasteiger partial charge on any atom is -0.486 e. The molecule has 5 aromatic rings. The molecule has 0 unspecified atom stereocenters. The third kappa shape index (κ3) is 5.15. The van der Waals surface area contributed by atoms with Crippen molar-refractivity contribution >= 4 is 45.3 Å². The van der Waals surface area contributed by atoms with Gasteiger partial charge in [-0.1, -0.05) is 30.0 Å². The Morgan fingerprint density at radius 1 is 1.05 bits per heavy atom. The number of anilines is 1. The second-order valence-corrected chi connectivity index (χ2v) is 9.61. The summed E-state index contributed by atoms with van der Waals surface area (Å²) in [6.45, 7) is 0.853.